The summed E-state index contributed by atoms with van der Waals surface area (Å²) in [5.41, 5.74) is 4.52. The summed E-state index contributed by atoms with van der Waals surface area (Å²) >= 11 is 13.7. The summed E-state index contributed by atoms with van der Waals surface area (Å²) in [4.78, 5) is 18.0. The highest BCUT2D eigenvalue weighted by molar-refractivity contribution is 7.13. The molecule has 0 radical (unpaired) electrons. The number of hydrogen-bond acceptors (Lipinski definition) is 3. The second-order valence-corrected chi connectivity index (χ2v) is 8.21. The van der Waals surface area contributed by atoms with Gasteiger partial charge in [0.05, 0.1) is 10.0 Å². The van der Waals surface area contributed by atoms with Crippen molar-refractivity contribution < 1.29 is 4.79 Å². The summed E-state index contributed by atoms with van der Waals surface area (Å²) < 4.78 is 0. The van der Waals surface area contributed by atoms with Gasteiger partial charge >= 0.3 is 0 Å². The molecule has 0 spiro atoms. The fraction of sp³-hybridized carbons (Fsp3) is 0.0435. The Morgan fingerprint density at radius 3 is 2.41 bits per heavy atom. The zero-order valence-corrected chi connectivity index (χ0v) is 17.6. The predicted molar refractivity (Wildman–Crippen MR) is 121 cm³/mol. The van der Waals surface area contributed by atoms with Crippen molar-refractivity contribution in [2.75, 3.05) is 0 Å². The van der Waals surface area contributed by atoms with Crippen LogP contribution in [0.3, 0.4) is 0 Å². The van der Waals surface area contributed by atoms with Gasteiger partial charge in [-0.25, -0.2) is 0 Å². The number of nitrogens with one attached hydrogen (secondary N) is 1. The zero-order valence-electron chi connectivity index (χ0n) is 15.2. The van der Waals surface area contributed by atoms with Crippen LogP contribution < -0.4 is 5.32 Å². The summed E-state index contributed by atoms with van der Waals surface area (Å²) in [6, 6.07) is 19.0. The molecule has 2 aromatic heterocycles. The van der Waals surface area contributed by atoms with Gasteiger partial charge in [0.15, 0.2) is 0 Å². The molecule has 0 fully saturated rings. The summed E-state index contributed by atoms with van der Waals surface area (Å²) in [5.74, 6) is -0.132. The Balaban J connectivity index is 1.42. The lowest BCUT2D eigenvalue weighted by atomic mass is 10.0. The minimum absolute atomic E-state index is 0.132. The Hall–Kier alpha value is -2.66. The first-order valence-electron chi connectivity index (χ1n) is 8.91. The van der Waals surface area contributed by atoms with Crippen molar-refractivity contribution in [2.24, 2.45) is 0 Å². The van der Waals surface area contributed by atoms with E-state index in [-0.39, 0.29) is 5.91 Å². The van der Waals surface area contributed by atoms with Crippen LogP contribution in [0, 0.1) is 0 Å². The third kappa shape index (κ3) is 4.67. The topological polar surface area (TPSA) is 42.0 Å². The third-order valence-electron chi connectivity index (χ3n) is 4.45. The van der Waals surface area contributed by atoms with E-state index in [2.05, 4.69) is 16.4 Å². The van der Waals surface area contributed by atoms with Crippen LogP contribution in [0.1, 0.15) is 15.9 Å². The van der Waals surface area contributed by atoms with Crippen LogP contribution in [0.4, 0.5) is 0 Å². The molecule has 6 heteroatoms. The molecular formula is C23H16Cl2N2OS. The first-order chi connectivity index (χ1) is 14.1. The molecule has 4 aromatic rings. The molecule has 0 aliphatic heterocycles. The monoisotopic (exact) mass is 438 g/mol. The molecule has 0 aliphatic rings. The summed E-state index contributed by atoms with van der Waals surface area (Å²) in [6.07, 6.45) is 3.60. The number of nitrogens with zero attached hydrogens (tertiary/aromatic N) is 1. The van der Waals surface area contributed by atoms with Gasteiger partial charge < -0.3 is 5.32 Å². The molecule has 0 saturated carbocycles. The second kappa shape index (κ2) is 8.78. The molecule has 3 nitrogen and oxygen atoms in total. The number of halogens is 2. The predicted octanol–water partition coefficient (Wildman–Crippen LogP) is 6.71. The van der Waals surface area contributed by atoms with E-state index < -0.39 is 0 Å². The fourth-order valence-electron chi connectivity index (χ4n) is 2.94. The summed E-state index contributed by atoms with van der Waals surface area (Å²) in [6.45, 7) is 0.416. The van der Waals surface area contributed by atoms with Gasteiger partial charge in [0.1, 0.15) is 0 Å². The van der Waals surface area contributed by atoms with E-state index in [9.17, 15) is 4.79 Å². The van der Waals surface area contributed by atoms with Gasteiger partial charge in [-0.1, -0.05) is 47.5 Å². The van der Waals surface area contributed by atoms with Crippen LogP contribution in [0.15, 0.2) is 78.4 Å². The van der Waals surface area contributed by atoms with Crippen LogP contribution in [-0.2, 0) is 6.54 Å². The van der Waals surface area contributed by atoms with Crippen molar-refractivity contribution in [3.05, 3.63) is 99.6 Å². The van der Waals surface area contributed by atoms with E-state index in [1.165, 1.54) is 0 Å². The van der Waals surface area contributed by atoms with Crippen LogP contribution in [0.25, 0.3) is 21.6 Å². The number of rotatable bonds is 5. The molecule has 0 aliphatic carbocycles. The number of thiophene rings is 1. The van der Waals surface area contributed by atoms with Crippen LogP contribution in [0.5, 0.6) is 0 Å². The van der Waals surface area contributed by atoms with E-state index in [4.69, 9.17) is 23.2 Å². The van der Waals surface area contributed by atoms with Gasteiger partial charge in [-0.2, -0.15) is 0 Å². The average Bonchev–Trinajstić information content (AvgIpc) is 3.29. The molecule has 144 valence electrons. The lowest BCUT2D eigenvalue weighted by Crippen LogP contribution is -2.22. The van der Waals surface area contributed by atoms with Gasteiger partial charge in [-0.3, -0.25) is 9.78 Å². The van der Waals surface area contributed by atoms with Crippen molar-refractivity contribution >= 4 is 40.4 Å². The molecule has 2 heterocycles. The number of pyridine rings is 1. The van der Waals surface area contributed by atoms with Crippen LogP contribution in [0.2, 0.25) is 10.0 Å². The molecule has 29 heavy (non-hydrogen) atoms. The van der Waals surface area contributed by atoms with Crippen LogP contribution in [-0.4, -0.2) is 10.9 Å². The Morgan fingerprint density at radius 1 is 0.897 bits per heavy atom. The highest BCUT2D eigenvalue weighted by atomic mass is 35.5. The average molecular weight is 439 g/mol. The van der Waals surface area contributed by atoms with Gasteiger partial charge in [-0.15, -0.1) is 11.3 Å². The maximum absolute atomic E-state index is 12.5. The van der Waals surface area contributed by atoms with Crippen molar-refractivity contribution in [1.29, 1.82) is 0 Å². The Bertz CT molecular complexity index is 1140. The molecule has 1 N–H and O–H groups in total. The zero-order chi connectivity index (χ0) is 20.2. The Morgan fingerprint density at radius 2 is 1.69 bits per heavy atom. The Labute approximate surface area is 183 Å². The highest BCUT2D eigenvalue weighted by Crippen LogP contribution is 2.28. The normalized spacial score (nSPS) is 10.7. The van der Waals surface area contributed by atoms with E-state index in [0.29, 0.717) is 22.2 Å². The summed E-state index contributed by atoms with van der Waals surface area (Å²) in [5, 5.41) is 6.00. The molecule has 0 bridgehead atoms. The van der Waals surface area contributed by atoms with Crippen molar-refractivity contribution in [2.45, 2.75) is 6.54 Å². The first-order valence-corrected chi connectivity index (χ1v) is 10.6. The number of aromatic nitrogens is 1. The molecule has 1 amide bonds. The van der Waals surface area contributed by atoms with Gasteiger partial charge in [0.2, 0.25) is 0 Å². The largest absolute Gasteiger partial charge is 0.348 e. The van der Waals surface area contributed by atoms with Gasteiger partial charge in [-0.05, 0) is 58.5 Å². The first kappa shape index (κ1) is 19.6. The quantitative estimate of drug-likeness (QED) is 0.375. The van der Waals surface area contributed by atoms with E-state index in [1.54, 1.807) is 35.7 Å². The molecule has 0 saturated heterocycles. The second-order valence-electron chi connectivity index (χ2n) is 6.45. The van der Waals surface area contributed by atoms with E-state index in [1.807, 2.05) is 48.0 Å². The number of carbonyl (C=O) groups excluding carboxylic acids is 1. The standard InChI is InChI=1S/C23H16Cl2N2OS/c24-20-8-7-18(11-21(20)25)16-3-5-17(6-4-16)23(28)27-13-15-10-19(14-26-12-15)22-2-1-9-29-22/h1-12,14H,13H2,(H,27,28). The number of amides is 1. The third-order valence-corrected chi connectivity index (χ3v) is 6.11. The SMILES string of the molecule is O=C(NCc1cncc(-c2cccs2)c1)c1ccc(-c2ccc(Cl)c(Cl)c2)cc1. The van der Waals surface area contributed by atoms with E-state index in [0.717, 1.165) is 27.1 Å². The highest BCUT2D eigenvalue weighted by Gasteiger charge is 2.08. The lowest BCUT2D eigenvalue weighted by Gasteiger charge is -2.08. The van der Waals surface area contributed by atoms with Crippen LogP contribution >= 0.6 is 34.5 Å². The van der Waals surface area contributed by atoms with Crippen molar-refractivity contribution in [3.8, 4) is 21.6 Å². The van der Waals surface area contributed by atoms with E-state index >= 15 is 0 Å². The number of carbonyl (C=O) groups is 1. The molecule has 4 rings (SSSR count). The number of benzene rings is 2. The van der Waals surface area contributed by atoms with Crippen molar-refractivity contribution in [3.63, 3.8) is 0 Å². The molecule has 2 aromatic carbocycles. The maximum Gasteiger partial charge on any atom is 0.251 e. The Kier molecular flexibility index (Phi) is 5.95. The fourth-order valence-corrected chi connectivity index (χ4v) is 3.94. The lowest BCUT2D eigenvalue weighted by molar-refractivity contribution is 0.0951. The minimum Gasteiger partial charge on any atom is -0.348 e. The summed E-state index contributed by atoms with van der Waals surface area (Å²) in [7, 11) is 0. The molecule has 0 atom stereocenters. The minimum atomic E-state index is -0.132. The maximum atomic E-state index is 12.5. The van der Waals surface area contributed by atoms with Gasteiger partial charge in [0.25, 0.3) is 5.91 Å². The molecular weight excluding hydrogens is 423 g/mol. The molecule has 0 unspecified atom stereocenters. The van der Waals surface area contributed by atoms with Gasteiger partial charge in [0, 0.05) is 34.9 Å². The number of hydrogen-bond donors (Lipinski definition) is 1. The van der Waals surface area contributed by atoms with Crippen molar-refractivity contribution in [1.82, 2.24) is 10.3 Å². The smallest absolute Gasteiger partial charge is 0.251 e.